The minimum Gasteiger partial charge on any atom is -0.619 e. The summed E-state index contributed by atoms with van der Waals surface area (Å²) in [5.41, 5.74) is 0. The summed E-state index contributed by atoms with van der Waals surface area (Å²) in [6.07, 6.45) is 2.60. The van der Waals surface area contributed by atoms with E-state index in [1.54, 1.807) is 0 Å². The van der Waals surface area contributed by atoms with Crippen LogP contribution in [0, 0.1) is 5.21 Å². The second-order valence-electron chi connectivity index (χ2n) is 6.74. The monoisotopic (exact) mass is 442 g/mol. The Morgan fingerprint density at radius 1 is 1.21 bits per heavy atom. The van der Waals surface area contributed by atoms with Crippen molar-refractivity contribution in [2.75, 3.05) is 12.3 Å². The topological polar surface area (TPSA) is 90.6 Å². The number of aromatic nitrogens is 1. The number of thioether (sulfide) groups is 1. The van der Waals surface area contributed by atoms with Crippen LogP contribution >= 0.6 is 23.4 Å². The molecule has 1 unspecified atom stereocenters. The molecule has 3 rings (SSSR count). The zero-order chi connectivity index (χ0) is 20.5. The third kappa shape index (κ3) is 4.27. The van der Waals surface area contributed by atoms with Crippen LogP contribution in [0.15, 0.2) is 53.7 Å². The van der Waals surface area contributed by atoms with Crippen LogP contribution in [0.3, 0.4) is 0 Å². The molecule has 2 heterocycles. The van der Waals surface area contributed by atoms with E-state index < -0.39 is 26.1 Å². The van der Waals surface area contributed by atoms with Crippen molar-refractivity contribution < 1.29 is 22.7 Å². The van der Waals surface area contributed by atoms with Crippen LogP contribution in [0.1, 0.15) is 13.8 Å². The van der Waals surface area contributed by atoms with E-state index in [0.29, 0.717) is 22.0 Å². The van der Waals surface area contributed by atoms with E-state index >= 15 is 0 Å². The number of hydrogen-bond donors (Lipinski definition) is 0. The predicted molar refractivity (Wildman–Crippen MR) is 107 cm³/mol. The summed E-state index contributed by atoms with van der Waals surface area (Å²) >= 11 is 7.27. The third-order valence-electron chi connectivity index (χ3n) is 4.38. The summed E-state index contributed by atoms with van der Waals surface area (Å²) in [7, 11) is -3.91. The Kier molecular flexibility index (Phi) is 5.90. The minimum atomic E-state index is -3.91. The zero-order valence-electron chi connectivity index (χ0n) is 15.2. The molecular weight excluding hydrogens is 424 g/mol. The lowest BCUT2D eigenvalue weighted by molar-refractivity contribution is -0.605. The summed E-state index contributed by atoms with van der Waals surface area (Å²) in [5, 5.41) is 10.4. The van der Waals surface area contributed by atoms with E-state index in [1.807, 2.05) is 13.8 Å². The fourth-order valence-corrected chi connectivity index (χ4v) is 6.64. The standard InChI is InChI=1S/C18H19ClN2O5S2/c1-18(2)16(17(19)22)21(11-12-27-18)28(24,25)15-5-3-13(4-6-15)26-14-7-9-20(23)10-8-14/h3-10,16H,11-12H2,1-2H3. The van der Waals surface area contributed by atoms with Crippen molar-refractivity contribution in [3.05, 3.63) is 54.0 Å². The van der Waals surface area contributed by atoms with Crippen molar-refractivity contribution in [1.29, 1.82) is 0 Å². The van der Waals surface area contributed by atoms with Gasteiger partial charge in [-0.25, -0.2) is 8.42 Å². The first-order valence-electron chi connectivity index (χ1n) is 8.43. The molecule has 1 aliphatic rings. The number of nitrogens with zero attached hydrogens (tertiary/aromatic N) is 2. The lowest BCUT2D eigenvalue weighted by Gasteiger charge is -2.42. The molecule has 28 heavy (non-hydrogen) atoms. The first kappa shape index (κ1) is 20.9. The van der Waals surface area contributed by atoms with Crippen LogP contribution in [-0.4, -0.2) is 41.1 Å². The van der Waals surface area contributed by atoms with Crippen LogP contribution in [0.4, 0.5) is 0 Å². The van der Waals surface area contributed by atoms with E-state index in [0.717, 1.165) is 0 Å². The van der Waals surface area contributed by atoms with Crippen molar-refractivity contribution in [3.8, 4) is 11.5 Å². The zero-order valence-corrected chi connectivity index (χ0v) is 17.6. The number of rotatable bonds is 5. The van der Waals surface area contributed by atoms with Crippen molar-refractivity contribution in [2.24, 2.45) is 0 Å². The molecule has 0 amide bonds. The molecule has 1 saturated heterocycles. The van der Waals surface area contributed by atoms with Gasteiger partial charge in [0.05, 0.1) is 4.90 Å². The average molecular weight is 443 g/mol. The van der Waals surface area contributed by atoms with Crippen LogP contribution in [0.2, 0.25) is 0 Å². The lowest BCUT2D eigenvalue weighted by atomic mass is 10.0. The number of ether oxygens (including phenoxy) is 1. The summed E-state index contributed by atoms with van der Waals surface area (Å²) in [6, 6.07) is 7.94. The molecular formula is C18H19ClN2O5S2. The summed E-state index contributed by atoms with van der Waals surface area (Å²) in [5.74, 6) is 1.44. The molecule has 150 valence electrons. The third-order valence-corrected chi connectivity index (χ3v) is 7.82. The van der Waals surface area contributed by atoms with E-state index in [-0.39, 0.29) is 11.4 Å². The van der Waals surface area contributed by atoms with Gasteiger partial charge >= 0.3 is 0 Å². The van der Waals surface area contributed by atoms with E-state index in [4.69, 9.17) is 16.3 Å². The number of benzene rings is 1. The highest BCUT2D eigenvalue weighted by molar-refractivity contribution is 8.01. The van der Waals surface area contributed by atoms with Gasteiger partial charge in [0.15, 0.2) is 12.4 Å². The molecule has 0 N–H and O–H groups in total. The first-order valence-corrected chi connectivity index (χ1v) is 11.2. The molecule has 0 radical (unpaired) electrons. The molecule has 1 fully saturated rings. The molecule has 1 atom stereocenters. The normalized spacial score (nSPS) is 19.9. The van der Waals surface area contributed by atoms with Gasteiger partial charge in [0, 0.05) is 29.2 Å². The molecule has 1 aromatic heterocycles. The Morgan fingerprint density at radius 2 is 1.79 bits per heavy atom. The highest BCUT2D eigenvalue weighted by atomic mass is 35.5. The van der Waals surface area contributed by atoms with Gasteiger partial charge in [-0.05, 0) is 49.7 Å². The van der Waals surface area contributed by atoms with Gasteiger partial charge in [0.2, 0.25) is 15.3 Å². The maximum Gasteiger partial charge on any atom is 0.243 e. The molecule has 0 saturated carbocycles. The van der Waals surface area contributed by atoms with Gasteiger partial charge < -0.3 is 9.94 Å². The molecule has 10 heteroatoms. The van der Waals surface area contributed by atoms with Gasteiger partial charge in [0.25, 0.3) is 0 Å². The molecule has 0 bridgehead atoms. The highest BCUT2D eigenvalue weighted by Crippen LogP contribution is 2.39. The second kappa shape index (κ2) is 7.90. The number of hydrogen-bond acceptors (Lipinski definition) is 6. The van der Waals surface area contributed by atoms with E-state index in [2.05, 4.69) is 0 Å². The Bertz CT molecular complexity index is 962. The Labute approximate surface area is 172 Å². The summed E-state index contributed by atoms with van der Waals surface area (Å²) in [6.45, 7) is 3.83. The lowest BCUT2D eigenvalue weighted by Crippen LogP contribution is -2.57. The Morgan fingerprint density at radius 3 is 2.36 bits per heavy atom. The summed E-state index contributed by atoms with van der Waals surface area (Å²) in [4.78, 5) is 12.0. The quantitative estimate of drug-likeness (QED) is 0.401. The molecule has 2 aromatic rings. The SMILES string of the molecule is CC1(C)SCCN(S(=O)(=O)c2ccc(Oc3cc[n+]([O-])cc3)cc2)C1C(=O)Cl. The molecule has 7 nitrogen and oxygen atoms in total. The van der Waals surface area contributed by atoms with Crippen molar-refractivity contribution in [2.45, 2.75) is 29.5 Å². The Balaban J connectivity index is 1.85. The second-order valence-corrected chi connectivity index (χ2v) is 10.8. The van der Waals surface area contributed by atoms with Gasteiger partial charge in [0.1, 0.15) is 17.5 Å². The largest absolute Gasteiger partial charge is 0.619 e. The number of carbonyl (C=O) groups excluding carboxylic acids is 1. The maximum atomic E-state index is 13.1. The van der Waals surface area contributed by atoms with Crippen molar-refractivity contribution in [3.63, 3.8) is 0 Å². The van der Waals surface area contributed by atoms with Gasteiger partial charge in [-0.15, -0.1) is 0 Å². The number of sulfonamides is 1. The number of carbonyl (C=O) groups is 1. The van der Waals surface area contributed by atoms with Crippen molar-refractivity contribution >= 4 is 38.6 Å². The van der Waals surface area contributed by atoms with Crippen LogP contribution < -0.4 is 9.47 Å². The van der Waals surface area contributed by atoms with E-state index in [9.17, 15) is 18.4 Å². The number of halogens is 1. The average Bonchev–Trinajstić information content (AvgIpc) is 2.63. The predicted octanol–water partition coefficient (Wildman–Crippen LogP) is 2.76. The van der Waals surface area contributed by atoms with Crippen molar-refractivity contribution in [1.82, 2.24) is 4.31 Å². The summed E-state index contributed by atoms with van der Waals surface area (Å²) < 4.78 is 33.0. The van der Waals surface area contributed by atoms with E-state index in [1.165, 1.54) is 64.9 Å². The smallest absolute Gasteiger partial charge is 0.243 e. The molecule has 0 spiro atoms. The van der Waals surface area contributed by atoms with Gasteiger partial charge in [-0.2, -0.15) is 20.8 Å². The van der Waals surface area contributed by atoms with Crippen LogP contribution in [0.5, 0.6) is 11.5 Å². The first-order chi connectivity index (χ1) is 13.1. The minimum absolute atomic E-state index is 0.0518. The fraction of sp³-hybridized carbons (Fsp3) is 0.333. The molecule has 0 aliphatic carbocycles. The molecule has 1 aromatic carbocycles. The van der Waals surface area contributed by atoms with Gasteiger partial charge in [-0.1, -0.05) is 0 Å². The highest BCUT2D eigenvalue weighted by Gasteiger charge is 2.47. The fourth-order valence-electron chi connectivity index (χ4n) is 3.02. The van der Waals surface area contributed by atoms with Gasteiger partial charge in [-0.3, -0.25) is 4.79 Å². The van der Waals surface area contributed by atoms with Crippen LogP contribution in [0.25, 0.3) is 0 Å². The van der Waals surface area contributed by atoms with Crippen LogP contribution in [-0.2, 0) is 14.8 Å². The molecule has 1 aliphatic heterocycles. The number of pyridine rings is 1. The Hall–Kier alpha value is -1.81. The maximum absolute atomic E-state index is 13.1.